The highest BCUT2D eigenvalue weighted by molar-refractivity contribution is 5.79. The molecule has 0 aliphatic heterocycles. The van der Waals surface area contributed by atoms with Crippen LogP contribution < -0.4 is 10.1 Å². The van der Waals surface area contributed by atoms with Gasteiger partial charge >= 0.3 is 0 Å². The first-order chi connectivity index (χ1) is 13.0. The molecule has 1 aromatic carbocycles. The summed E-state index contributed by atoms with van der Waals surface area (Å²) in [5, 5.41) is 7.68. The molecule has 1 unspecified atom stereocenters. The molecule has 1 aromatic heterocycles. The Hall–Kier alpha value is -2.54. The van der Waals surface area contributed by atoms with Crippen molar-refractivity contribution in [3.8, 4) is 5.75 Å². The zero-order chi connectivity index (χ0) is 19.8. The number of aliphatic imine (C=N–C) groups is 1. The molecule has 0 bridgehead atoms. The fourth-order valence-electron chi connectivity index (χ4n) is 2.99. The molecule has 0 aliphatic carbocycles. The van der Waals surface area contributed by atoms with Crippen molar-refractivity contribution in [1.29, 1.82) is 0 Å². The van der Waals surface area contributed by atoms with Crippen LogP contribution in [0.3, 0.4) is 0 Å². The first kappa shape index (κ1) is 20.8. The van der Waals surface area contributed by atoms with E-state index in [1.807, 2.05) is 49.4 Å². The van der Waals surface area contributed by atoms with E-state index in [4.69, 9.17) is 9.73 Å². The third kappa shape index (κ3) is 5.72. The summed E-state index contributed by atoms with van der Waals surface area (Å²) in [6.07, 6.45) is 3.96. The second-order valence-electron chi connectivity index (χ2n) is 6.79. The summed E-state index contributed by atoms with van der Waals surface area (Å²) in [7, 11) is 9.82. The van der Waals surface area contributed by atoms with Crippen LogP contribution in [-0.2, 0) is 13.6 Å². The third-order valence-electron chi connectivity index (χ3n) is 4.44. The van der Waals surface area contributed by atoms with Gasteiger partial charge in [-0.1, -0.05) is 18.2 Å². The molecule has 2 aromatic rings. The Bertz CT molecular complexity index is 740. The summed E-state index contributed by atoms with van der Waals surface area (Å²) in [6, 6.07) is 8.25. The predicted octanol–water partition coefficient (Wildman–Crippen LogP) is 2.13. The average Bonchev–Trinajstić information content (AvgIpc) is 3.07. The van der Waals surface area contributed by atoms with Crippen molar-refractivity contribution in [1.82, 2.24) is 24.9 Å². The van der Waals surface area contributed by atoms with Crippen LogP contribution in [0.4, 0.5) is 0 Å². The van der Waals surface area contributed by atoms with E-state index >= 15 is 0 Å². The summed E-state index contributed by atoms with van der Waals surface area (Å²) >= 11 is 0. The molecule has 1 atom stereocenters. The number of ether oxygens (including phenoxy) is 1. The van der Waals surface area contributed by atoms with Gasteiger partial charge in [-0.15, -0.1) is 0 Å². The lowest BCUT2D eigenvalue weighted by Crippen LogP contribution is -2.39. The molecule has 7 heteroatoms. The third-order valence-corrected chi connectivity index (χ3v) is 4.44. The van der Waals surface area contributed by atoms with Gasteiger partial charge in [-0.05, 0) is 27.1 Å². The molecule has 7 nitrogen and oxygen atoms in total. The standard InChI is InChI=1S/C20H32N6O/c1-7-21-20(25(4)14-16-10-8-9-11-19(16)27-6)22-13-18(24(2)3)17-12-23-26(5)15-17/h8-12,15,18H,7,13-14H2,1-6H3,(H,21,22). The minimum Gasteiger partial charge on any atom is -0.496 e. The Balaban J connectivity index is 2.16. The van der Waals surface area contributed by atoms with Crippen molar-refractivity contribution < 1.29 is 4.74 Å². The lowest BCUT2D eigenvalue weighted by Gasteiger charge is -2.25. The largest absolute Gasteiger partial charge is 0.496 e. The van der Waals surface area contributed by atoms with Crippen molar-refractivity contribution in [2.75, 3.05) is 41.3 Å². The van der Waals surface area contributed by atoms with Gasteiger partial charge < -0.3 is 19.9 Å². The van der Waals surface area contributed by atoms with E-state index in [2.05, 4.69) is 47.3 Å². The van der Waals surface area contributed by atoms with Crippen LogP contribution in [0.15, 0.2) is 41.7 Å². The zero-order valence-electron chi connectivity index (χ0n) is 17.3. The summed E-state index contributed by atoms with van der Waals surface area (Å²) in [6.45, 7) is 4.26. The van der Waals surface area contributed by atoms with Gasteiger partial charge in [0.15, 0.2) is 5.96 Å². The maximum Gasteiger partial charge on any atom is 0.194 e. The van der Waals surface area contributed by atoms with Crippen LogP contribution in [0, 0.1) is 0 Å². The Morgan fingerprint density at radius 1 is 1.30 bits per heavy atom. The van der Waals surface area contributed by atoms with Crippen molar-refractivity contribution >= 4 is 5.96 Å². The Labute approximate surface area is 162 Å². The first-order valence-electron chi connectivity index (χ1n) is 9.22. The molecule has 1 heterocycles. The smallest absolute Gasteiger partial charge is 0.194 e. The second kappa shape index (κ2) is 9.97. The quantitative estimate of drug-likeness (QED) is 0.568. The minimum atomic E-state index is 0.173. The number of aryl methyl sites for hydroxylation is 1. The normalized spacial score (nSPS) is 12.9. The van der Waals surface area contributed by atoms with E-state index < -0.39 is 0 Å². The Morgan fingerprint density at radius 2 is 2.04 bits per heavy atom. The van der Waals surface area contributed by atoms with Crippen LogP contribution >= 0.6 is 0 Å². The van der Waals surface area contributed by atoms with Gasteiger partial charge in [0.1, 0.15) is 5.75 Å². The lowest BCUT2D eigenvalue weighted by atomic mass is 10.1. The molecule has 0 saturated carbocycles. The fourth-order valence-corrected chi connectivity index (χ4v) is 2.99. The fraction of sp³-hybridized carbons (Fsp3) is 0.500. The average molecular weight is 373 g/mol. The second-order valence-corrected chi connectivity index (χ2v) is 6.79. The van der Waals surface area contributed by atoms with Crippen LogP contribution in [0.2, 0.25) is 0 Å². The summed E-state index contributed by atoms with van der Waals surface area (Å²) in [5.74, 6) is 1.76. The molecule has 1 N–H and O–H groups in total. The maximum atomic E-state index is 5.47. The number of nitrogens with one attached hydrogen (secondary N) is 1. The molecule has 0 spiro atoms. The van der Waals surface area contributed by atoms with Gasteiger partial charge in [0.2, 0.25) is 0 Å². The van der Waals surface area contributed by atoms with Crippen LogP contribution in [0.25, 0.3) is 0 Å². The molecule has 0 fully saturated rings. The van der Waals surface area contributed by atoms with Gasteiger partial charge in [-0.25, -0.2) is 0 Å². The number of para-hydroxylation sites is 1. The molecule has 0 saturated heterocycles. The molecule has 0 aliphatic rings. The molecule has 148 valence electrons. The number of nitrogens with zero attached hydrogens (tertiary/aromatic N) is 5. The molecule has 2 rings (SSSR count). The van der Waals surface area contributed by atoms with Gasteiger partial charge in [-0.2, -0.15) is 5.10 Å². The van der Waals surface area contributed by atoms with E-state index in [1.54, 1.807) is 7.11 Å². The van der Waals surface area contributed by atoms with E-state index in [-0.39, 0.29) is 6.04 Å². The van der Waals surface area contributed by atoms with Gasteiger partial charge in [0.05, 0.1) is 25.9 Å². The van der Waals surface area contributed by atoms with Crippen molar-refractivity contribution in [3.63, 3.8) is 0 Å². The number of benzene rings is 1. The lowest BCUT2D eigenvalue weighted by molar-refractivity contribution is 0.305. The summed E-state index contributed by atoms with van der Waals surface area (Å²) in [5.41, 5.74) is 2.29. The Morgan fingerprint density at radius 3 is 2.63 bits per heavy atom. The number of rotatable bonds is 8. The van der Waals surface area contributed by atoms with E-state index in [0.29, 0.717) is 6.54 Å². The highest BCUT2D eigenvalue weighted by atomic mass is 16.5. The minimum absolute atomic E-state index is 0.173. The maximum absolute atomic E-state index is 5.47. The van der Waals surface area contributed by atoms with E-state index in [1.165, 1.54) is 0 Å². The van der Waals surface area contributed by atoms with Crippen LogP contribution in [0.1, 0.15) is 24.1 Å². The highest BCUT2D eigenvalue weighted by Gasteiger charge is 2.17. The summed E-state index contributed by atoms with van der Waals surface area (Å²) < 4.78 is 7.30. The van der Waals surface area contributed by atoms with Gasteiger partial charge in [0, 0.05) is 44.5 Å². The molecule has 0 radical (unpaired) electrons. The number of likely N-dealkylation sites (N-methyl/N-ethyl adjacent to an activating group) is 1. The topological polar surface area (TPSA) is 57.9 Å². The molecular formula is C20H32N6O. The Kier molecular flexibility index (Phi) is 7.67. The number of hydrogen-bond donors (Lipinski definition) is 1. The van der Waals surface area contributed by atoms with Crippen molar-refractivity contribution in [2.45, 2.75) is 19.5 Å². The predicted molar refractivity (Wildman–Crippen MR) is 110 cm³/mol. The van der Waals surface area contributed by atoms with Crippen LogP contribution in [-0.4, -0.2) is 66.9 Å². The molecule has 0 amide bonds. The molecule has 27 heavy (non-hydrogen) atoms. The monoisotopic (exact) mass is 372 g/mol. The highest BCUT2D eigenvalue weighted by Crippen LogP contribution is 2.20. The first-order valence-corrected chi connectivity index (χ1v) is 9.22. The number of aromatic nitrogens is 2. The van der Waals surface area contributed by atoms with E-state index in [9.17, 15) is 0 Å². The van der Waals surface area contributed by atoms with Gasteiger partial charge in [0.25, 0.3) is 0 Å². The van der Waals surface area contributed by atoms with E-state index in [0.717, 1.165) is 35.9 Å². The number of hydrogen-bond acceptors (Lipinski definition) is 4. The number of methoxy groups -OCH3 is 1. The number of guanidine groups is 1. The zero-order valence-corrected chi connectivity index (χ0v) is 17.3. The van der Waals surface area contributed by atoms with Crippen molar-refractivity contribution in [3.05, 3.63) is 47.8 Å². The van der Waals surface area contributed by atoms with Crippen LogP contribution in [0.5, 0.6) is 5.75 Å². The molecular weight excluding hydrogens is 340 g/mol. The SMILES string of the molecule is CCNC(=NCC(c1cnn(C)c1)N(C)C)N(C)Cc1ccccc1OC. The summed E-state index contributed by atoms with van der Waals surface area (Å²) in [4.78, 5) is 9.18. The van der Waals surface area contributed by atoms with Gasteiger partial charge in [-0.3, -0.25) is 9.67 Å². The van der Waals surface area contributed by atoms with Crippen molar-refractivity contribution in [2.24, 2.45) is 12.0 Å².